The minimum Gasteiger partial charge on any atom is -0.385 e. The first kappa shape index (κ1) is 18.0. The molecular weight excluding hydrogens is 310 g/mol. The zero-order valence-electron chi connectivity index (χ0n) is 15.2. The molecular formula is C21H31N3O. The molecule has 0 radical (unpaired) electrons. The molecule has 4 nitrogen and oxygen atoms in total. The molecule has 0 unspecified atom stereocenters. The molecule has 0 bridgehead atoms. The lowest BCUT2D eigenvalue weighted by molar-refractivity contribution is 0.0928. The molecule has 2 aliphatic rings. The Bertz CT molecular complexity index is 589. The second kappa shape index (κ2) is 9.59. The third kappa shape index (κ3) is 5.87. The van der Waals surface area contributed by atoms with E-state index in [1.807, 2.05) is 12.1 Å². The van der Waals surface area contributed by atoms with E-state index in [2.05, 4.69) is 21.7 Å². The monoisotopic (exact) mass is 341 g/mol. The first-order valence-corrected chi connectivity index (χ1v) is 10.00. The van der Waals surface area contributed by atoms with Gasteiger partial charge in [-0.05, 0) is 57.1 Å². The first-order valence-electron chi connectivity index (χ1n) is 10.00. The summed E-state index contributed by atoms with van der Waals surface area (Å²) in [7, 11) is 0. The van der Waals surface area contributed by atoms with Crippen LogP contribution in [-0.2, 0) is 0 Å². The van der Waals surface area contributed by atoms with E-state index in [1.165, 1.54) is 51.4 Å². The number of aromatic nitrogens is 1. The molecule has 4 heteroatoms. The normalized spacial score (nSPS) is 19.0. The van der Waals surface area contributed by atoms with Crippen molar-refractivity contribution in [3.8, 4) is 0 Å². The van der Waals surface area contributed by atoms with Gasteiger partial charge < -0.3 is 10.6 Å². The van der Waals surface area contributed by atoms with Crippen LogP contribution in [0.15, 0.2) is 30.0 Å². The highest BCUT2D eigenvalue weighted by atomic mass is 16.1. The number of hydrogen-bond donors (Lipinski definition) is 2. The van der Waals surface area contributed by atoms with Crippen LogP contribution in [0, 0.1) is 0 Å². The zero-order valence-corrected chi connectivity index (χ0v) is 15.2. The lowest BCUT2D eigenvalue weighted by Crippen LogP contribution is -2.34. The van der Waals surface area contributed by atoms with Crippen molar-refractivity contribution in [3.63, 3.8) is 0 Å². The van der Waals surface area contributed by atoms with Crippen molar-refractivity contribution < 1.29 is 4.79 Å². The maximum atomic E-state index is 12.5. The summed E-state index contributed by atoms with van der Waals surface area (Å²) >= 11 is 0. The molecule has 0 atom stereocenters. The van der Waals surface area contributed by atoms with E-state index in [-0.39, 0.29) is 5.91 Å². The SMILES string of the molecule is O=C(NC1CCCCCC1)c1cc(NCCC2=CCCCC2)ccn1. The predicted molar refractivity (Wildman–Crippen MR) is 103 cm³/mol. The van der Waals surface area contributed by atoms with Crippen LogP contribution in [0.3, 0.4) is 0 Å². The number of hydrogen-bond acceptors (Lipinski definition) is 3. The molecule has 0 aromatic carbocycles. The van der Waals surface area contributed by atoms with E-state index >= 15 is 0 Å². The fraction of sp³-hybridized carbons (Fsp3) is 0.619. The Balaban J connectivity index is 1.49. The van der Waals surface area contributed by atoms with Crippen LogP contribution in [0.2, 0.25) is 0 Å². The van der Waals surface area contributed by atoms with Gasteiger partial charge in [0.2, 0.25) is 0 Å². The van der Waals surface area contributed by atoms with Crippen molar-refractivity contribution in [1.29, 1.82) is 0 Å². The molecule has 1 fully saturated rings. The minimum absolute atomic E-state index is 0.0365. The van der Waals surface area contributed by atoms with Crippen LogP contribution in [0.25, 0.3) is 0 Å². The quantitative estimate of drug-likeness (QED) is 0.575. The van der Waals surface area contributed by atoms with Gasteiger partial charge in [-0.25, -0.2) is 0 Å². The molecule has 3 rings (SSSR count). The highest BCUT2D eigenvalue weighted by molar-refractivity contribution is 5.93. The number of carbonyl (C=O) groups is 1. The number of carbonyl (C=O) groups excluding carboxylic acids is 1. The second-order valence-electron chi connectivity index (χ2n) is 7.38. The van der Waals surface area contributed by atoms with Crippen molar-refractivity contribution >= 4 is 11.6 Å². The maximum Gasteiger partial charge on any atom is 0.270 e. The first-order chi connectivity index (χ1) is 12.3. The Kier molecular flexibility index (Phi) is 6.89. The van der Waals surface area contributed by atoms with E-state index in [0.29, 0.717) is 11.7 Å². The Morgan fingerprint density at radius 3 is 2.72 bits per heavy atom. The van der Waals surface area contributed by atoms with Crippen LogP contribution in [0.4, 0.5) is 5.69 Å². The van der Waals surface area contributed by atoms with Crippen LogP contribution in [0.1, 0.15) is 81.1 Å². The Labute approximate surface area is 151 Å². The fourth-order valence-electron chi connectivity index (χ4n) is 3.85. The highest BCUT2D eigenvalue weighted by Crippen LogP contribution is 2.20. The van der Waals surface area contributed by atoms with Crippen molar-refractivity contribution in [2.75, 3.05) is 11.9 Å². The summed E-state index contributed by atoms with van der Waals surface area (Å²) in [6, 6.07) is 4.13. The number of nitrogens with zero attached hydrogens (tertiary/aromatic N) is 1. The van der Waals surface area contributed by atoms with Gasteiger partial charge in [0.15, 0.2) is 0 Å². The number of pyridine rings is 1. The molecule has 2 aliphatic carbocycles. The van der Waals surface area contributed by atoms with Gasteiger partial charge in [-0.1, -0.05) is 37.3 Å². The van der Waals surface area contributed by atoms with E-state index < -0.39 is 0 Å². The van der Waals surface area contributed by atoms with Gasteiger partial charge in [0.05, 0.1) is 0 Å². The third-order valence-corrected chi connectivity index (χ3v) is 5.34. The number of amides is 1. The maximum absolute atomic E-state index is 12.5. The molecule has 1 heterocycles. The summed E-state index contributed by atoms with van der Waals surface area (Å²) in [6.07, 6.45) is 17.6. The number of allylic oxidation sites excluding steroid dienone is 1. The van der Waals surface area contributed by atoms with Crippen LogP contribution < -0.4 is 10.6 Å². The molecule has 1 amide bonds. The van der Waals surface area contributed by atoms with Gasteiger partial charge in [0, 0.05) is 24.5 Å². The smallest absolute Gasteiger partial charge is 0.270 e. The zero-order chi connectivity index (χ0) is 17.3. The number of anilines is 1. The van der Waals surface area contributed by atoms with E-state index in [1.54, 1.807) is 11.8 Å². The van der Waals surface area contributed by atoms with E-state index in [0.717, 1.165) is 31.5 Å². The van der Waals surface area contributed by atoms with Gasteiger partial charge in [0.25, 0.3) is 5.91 Å². The predicted octanol–water partition coefficient (Wildman–Crippen LogP) is 4.84. The summed E-state index contributed by atoms with van der Waals surface area (Å²) in [5, 5.41) is 6.61. The molecule has 25 heavy (non-hydrogen) atoms. The molecule has 0 aliphatic heterocycles. The summed E-state index contributed by atoms with van der Waals surface area (Å²) in [6.45, 7) is 0.916. The summed E-state index contributed by atoms with van der Waals surface area (Å²) in [5.41, 5.74) is 3.07. The average molecular weight is 341 g/mol. The summed E-state index contributed by atoms with van der Waals surface area (Å²) < 4.78 is 0. The van der Waals surface area contributed by atoms with E-state index in [4.69, 9.17) is 0 Å². The van der Waals surface area contributed by atoms with Crippen LogP contribution in [-0.4, -0.2) is 23.5 Å². The largest absolute Gasteiger partial charge is 0.385 e. The Morgan fingerprint density at radius 1 is 1.12 bits per heavy atom. The van der Waals surface area contributed by atoms with Crippen molar-refractivity contribution in [3.05, 3.63) is 35.7 Å². The fourth-order valence-corrected chi connectivity index (χ4v) is 3.85. The van der Waals surface area contributed by atoms with Gasteiger partial charge in [-0.15, -0.1) is 0 Å². The number of nitrogens with one attached hydrogen (secondary N) is 2. The lowest BCUT2D eigenvalue weighted by Gasteiger charge is -2.16. The van der Waals surface area contributed by atoms with Gasteiger partial charge in [-0.3, -0.25) is 9.78 Å². The summed E-state index contributed by atoms with van der Waals surface area (Å²) in [5.74, 6) is -0.0365. The lowest BCUT2D eigenvalue weighted by atomic mass is 9.97. The van der Waals surface area contributed by atoms with Crippen molar-refractivity contribution in [2.24, 2.45) is 0 Å². The summed E-state index contributed by atoms with van der Waals surface area (Å²) in [4.78, 5) is 16.8. The molecule has 136 valence electrons. The van der Waals surface area contributed by atoms with Gasteiger partial charge in [-0.2, -0.15) is 0 Å². The Morgan fingerprint density at radius 2 is 1.96 bits per heavy atom. The molecule has 0 saturated heterocycles. The van der Waals surface area contributed by atoms with Crippen molar-refractivity contribution in [2.45, 2.75) is 76.7 Å². The number of rotatable bonds is 6. The van der Waals surface area contributed by atoms with Crippen molar-refractivity contribution in [1.82, 2.24) is 10.3 Å². The molecule has 1 saturated carbocycles. The molecule has 0 spiro atoms. The van der Waals surface area contributed by atoms with Crippen LogP contribution in [0.5, 0.6) is 0 Å². The van der Waals surface area contributed by atoms with Crippen LogP contribution >= 0.6 is 0 Å². The van der Waals surface area contributed by atoms with Gasteiger partial charge >= 0.3 is 0 Å². The van der Waals surface area contributed by atoms with E-state index in [9.17, 15) is 4.79 Å². The minimum atomic E-state index is -0.0365. The third-order valence-electron chi connectivity index (χ3n) is 5.34. The topological polar surface area (TPSA) is 54.0 Å². The molecule has 2 N–H and O–H groups in total. The molecule has 1 aromatic rings. The Hall–Kier alpha value is -1.84. The average Bonchev–Trinajstić information content (AvgIpc) is 2.91. The highest BCUT2D eigenvalue weighted by Gasteiger charge is 2.16. The second-order valence-corrected chi connectivity index (χ2v) is 7.38. The molecule has 1 aromatic heterocycles. The van der Waals surface area contributed by atoms with Gasteiger partial charge in [0.1, 0.15) is 5.69 Å². The standard InChI is InChI=1S/C21H31N3O/c25-21(24-18-10-6-1-2-7-11-18)20-16-19(13-15-23-20)22-14-12-17-8-4-3-5-9-17/h8,13,15-16,18H,1-7,9-12,14H2,(H,22,23)(H,24,25).